The fraction of sp³-hybridized carbons (Fsp3) is 0.471. The van der Waals surface area contributed by atoms with Crippen molar-refractivity contribution in [1.82, 2.24) is 14.7 Å². The molecule has 0 amide bonds. The van der Waals surface area contributed by atoms with Gasteiger partial charge < -0.3 is 0 Å². The zero-order chi connectivity index (χ0) is 14.7. The van der Waals surface area contributed by atoms with Gasteiger partial charge in [0.1, 0.15) is 5.82 Å². The normalized spacial score (nSPS) is 20.4. The first kappa shape index (κ1) is 14.3. The van der Waals surface area contributed by atoms with E-state index in [1.807, 2.05) is 30.1 Å². The fourth-order valence-electron chi connectivity index (χ4n) is 3.17. The minimum absolute atomic E-state index is 0.168. The third-order valence-corrected chi connectivity index (χ3v) is 4.27. The van der Waals surface area contributed by atoms with Gasteiger partial charge in [-0.05, 0) is 37.1 Å². The van der Waals surface area contributed by atoms with E-state index in [4.69, 9.17) is 0 Å². The zero-order valence-corrected chi connectivity index (χ0v) is 12.5. The third-order valence-electron chi connectivity index (χ3n) is 4.27. The van der Waals surface area contributed by atoms with Crippen LogP contribution >= 0.6 is 0 Å². The van der Waals surface area contributed by atoms with E-state index in [1.165, 1.54) is 36.8 Å². The Kier molecular flexibility index (Phi) is 4.34. The molecule has 1 aromatic heterocycles. The zero-order valence-electron chi connectivity index (χ0n) is 12.5. The molecule has 2 heterocycles. The lowest BCUT2D eigenvalue weighted by Gasteiger charge is -2.29. The van der Waals surface area contributed by atoms with E-state index in [-0.39, 0.29) is 5.82 Å². The molecule has 0 radical (unpaired) electrons. The topological polar surface area (TPSA) is 21.1 Å². The van der Waals surface area contributed by atoms with Crippen LogP contribution in [0, 0.1) is 5.82 Å². The van der Waals surface area contributed by atoms with Crippen LogP contribution in [-0.4, -0.2) is 21.2 Å². The van der Waals surface area contributed by atoms with Crippen molar-refractivity contribution in [2.45, 2.75) is 38.3 Å². The van der Waals surface area contributed by atoms with Gasteiger partial charge in [0.05, 0.1) is 6.20 Å². The average molecular weight is 287 g/mol. The van der Waals surface area contributed by atoms with E-state index in [1.54, 1.807) is 12.1 Å². The lowest BCUT2D eigenvalue weighted by atomic mass is 10.0. The summed E-state index contributed by atoms with van der Waals surface area (Å²) in [5, 5.41) is 4.32. The van der Waals surface area contributed by atoms with Crippen molar-refractivity contribution < 1.29 is 4.39 Å². The maximum Gasteiger partial charge on any atom is 0.123 e. The molecular formula is C17H22FN3. The van der Waals surface area contributed by atoms with E-state index in [0.717, 1.165) is 13.1 Å². The predicted octanol–water partition coefficient (Wildman–Crippen LogP) is 3.68. The average Bonchev–Trinajstić information content (AvgIpc) is 2.77. The highest BCUT2D eigenvalue weighted by molar-refractivity contribution is 5.17. The van der Waals surface area contributed by atoms with Crippen molar-refractivity contribution in [3.05, 3.63) is 53.6 Å². The number of rotatable bonds is 3. The molecule has 0 N–H and O–H groups in total. The predicted molar refractivity (Wildman–Crippen MR) is 81.2 cm³/mol. The molecule has 1 aromatic carbocycles. The monoisotopic (exact) mass is 287 g/mol. The molecule has 1 aliphatic rings. The van der Waals surface area contributed by atoms with Crippen molar-refractivity contribution in [3.63, 3.8) is 0 Å². The summed E-state index contributed by atoms with van der Waals surface area (Å²) in [6.07, 6.45) is 9.06. The molecule has 3 rings (SSSR count). The Labute approximate surface area is 125 Å². The lowest BCUT2D eigenvalue weighted by Crippen LogP contribution is -2.28. The quantitative estimate of drug-likeness (QED) is 0.858. The van der Waals surface area contributed by atoms with Gasteiger partial charge in [0.2, 0.25) is 0 Å². The molecule has 1 saturated heterocycles. The summed E-state index contributed by atoms with van der Waals surface area (Å²) in [6.45, 7) is 1.97. The van der Waals surface area contributed by atoms with Crippen LogP contribution in [0.4, 0.5) is 4.39 Å². The second-order valence-corrected chi connectivity index (χ2v) is 5.91. The maximum atomic E-state index is 13.0. The summed E-state index contributed by atoms with van der Waals surface area (Å²) < 4.78 is 14.9. The van der Waals surface area contributed by atoms with Crippen LogP contribution in [-0.2, 0) is 13.6 Å². The fourth-order valence-corrected chi connectivity index (χ4v) is 3.17. The molecule has 4 heteroatoms. The Morgan fingerprint density at radius 3 is 2.71 bits per heavy atom. The number of hydrogen-bond donors (Lipinski definition) is 0. The number of likely N-dealkylation sites (tertiary alicyclic amines) is 1. The van der Waals surface area contributed by atoms with Crippen molar-refractivity contribution in [2.75, 3.05) is 6.54 Å². The first-order valence-corrected chi connectivity index (χ1v) is 7.69. The summed E-state index contributed by atoms with van der Waals surface area (Å²) in [7, 11) is 1.96. The number of aromatic nitrogens is 2. The molecule has 2 aromatic rings. The molecule has 21 heavy (non-hydrogen) atoms. The Bertz CT molecular complexity index is 576. The largest absolute Gasteiger partial charge is 0.292 e. The maximum absolute atomic E-state index is 13.0. The van der Waals surface area contributed by atoms with Gasteiger partial charge in [0.15, 0.2) is 0 Å². The van der Waals surface area contributed by atoms with Gasteiger partial charge in [0.25, 0.3) is 0 Å². The van der Waals surface area contributed by atoms with E-state index in [0.29, 0.717) is 6.04 Å². The van der Waals surface area contributed by atoms with Crippen LogP contribution in [0.2, 0.25) is 0 Å². The molecule has 1 aliphatic heterocycles. The van der Waals surface area contributed by atoms with Crippen LogP contribution in [0.25, 0.3) is 0 Å². The molecule has 1 fully saturated rings. The van der Waals surface area contributed by atoms with Gasteiger partial charge in [-0.3, -0.25) is 9.58 Å². The highest BCUT2D eigenvalue weighted by Crippen LogP contribution is 2.31. The van der Waals surface area contributed by atoms with Gasteiger partial charge >= 0.3 is 0 Å². The molecule has 112 valence electrons. The van der Waals surface area contributed by atoms with Gasteiger partial charge in [-0.1, -0.05) is 25.0 Å². The van der Waals surface area contributed by atoms with Crippen LogP contribution in [0.1, 0.15) is 42.9 Å². The van der Waals surface area contributed by atoms with E-state index >= 15 is 0 Å². The minimum atomic E-state index is -0.168. The summed E-state index contributed by atoms with van der Waals surface area (Å²) >= 11 is 0. The molecule has 3 nitrogen and oxygen atoms in total. The molecular weight excluding hydrogens is 265 g/mol. The Morgan fingerprint density at radius 2 is 2.00 bits per heavy atom. The van der Waals surface area contributed by atoms with Crippen LogP contribution in [0.5, 0.6) is 0 Å². The summed E-state index contributed by atoms with van der Waals surface area (Å²) in [4.78, 5) is 2.51. The molecule has 0 spiro atoms. The van der Waals surface area contributed by atoms with Crippen molar-refractivity contribution in [1.29, 1.82) is 0 Å². The summed E-state index contributed by atoms with van der Waals surface area (Å²) in [5.41, 5.74) is 2.47. The van der Waals surface area contributed by atoms with E-state index < -0.39 is 0 Å². The minimum Gasteiger partial charge on any atom is -0.292 e. The first-order chi connectivity index (χ1) is 10.2. The highest BCUT2D eigenvalue weighted by atomic mass is 19.1. The van der Waals surface area contributed by atoms with Gasteiger partial charge in [0, 0.05) is 31.4 Å². The Balaban J connectivity index is 1.80. The smallest absolute Gasteiger partial charge is 0.123 e. The van der Waals surface area contributed by atoms with Gasteiger partial charge in [-0.25, -0.2) is 4.39 Å². The standard InChI is InChI=1S/C17H22FN3/c1-20-13-15(11-19-20)17-5-3-2-4-10-21(17)12-14-6-8-16(18)9-7-14/h6-9,11,13,17H,2-5,10,12H2,1H3/t17-/m0/s1. The second kappa shape index (κ2) is 6.39. The summed E-state index contributed by atoms with van der Waals surface area (Å²) in [5.74, 6) is -0.168. The van der Waals surface area contributed by atoms with Gasteiger partial charge in [-0.15, -0.1) is 0 Å². The Hall–Kier alpha value is -1.68. The number of nitrogens with zero attached hydrogens (tertiary/aromatic N) is 3. The van der Waals surface area contributed by atoms with Gasteiger partial charge in [-0.2, -0.15) is 5.10 Å². The van der Waals surface area contributed by atoms with E-state index in [2.05, 4.69) is 16.2 Å². The molecule has 0 unspecified atom stereocenters. The number of hydrogen-bond acceptors (Lipinski definition) is 2. The van der Waals surface area contributed by atoms with Crippen molar-refractivity contribution in [2.24, 2.45) is 7.05 Å². The molecule has 0 saturated carbocycles. The summed E-state index contributed by atoms with van der Waals surface area (Å²) in [6, 6.07) is 7.30. The van der Waals surface area contributed by atoms with Crippen LogP contribution in [0.15, 0.2) is 36.7 Å². The second-order valence-electron chi connectivity index (χ2n) is 5.91. The highest BCUT2D eigenvalue weighted by Gasteiger charge is 2.23. The van der Waals surface area contributed by atoms with E-state index in [9.17, 15) is 4.39 Å². The molecule has 1 atom stereocenters. The first-order valence-electron chi connectivity index (χ1n) is 7.69. The number of benzene rings is 1. The SMILES string of the molecule is Cn1cc([C@@H]2CCCCCN2Cc2ccc(F)cc2)cn1. The molecule has 0 bridgehead atoms. The molecule has 0 aliphatic carbocycles. The van der Waals surface area contributed by atoms with Crippen molar-refractivity contribution in [3.8, 4) is 0 Å². The van der Waals surface area contributed by atoms with Crippen molar-refractivity contribution >= 4 is 0 Å². The number of halogens is 1. The lowest BCUT2D eigenvalue weighted by molar-refractivity contribution is 0.192. The Morgan fingerprint density at radius 1 is 1.19 bits per heavy atom. The number of aryl methyl sites for hydroxylation is 1. The van der Waals surface area contributed by atoms with Crippen LogP contribution < -0.4 is 0 Å². The van der Waals surface area contributed by atoms with Crippen LogP contribution in [0.3, 0.4) is 0 Å². The third kappa shape index (κ3) is 3.50.